The van der Waals surface area contributed by atoms with Gasteiger partial charge in [-0.25, -0.2) is 0 Å². The van der Waals surface area contributed by atoms with Gasteiger partial charge in [0.2, 0.25) is 5.91 Å². The van der Waals surface area contributed by atoms with Gasteiger partial charge < -0.3 is 14.5 Å². The fourth-order valence-electron chi connectivity index (χ4n) is 3.68. The number of piperidine rings is 1. The summed E-state index contributed by atoms with van der Waals surface area (Å²) in [6.07, 6.45) is 1.55. The Morgan fingerprint density at radius 2 is 1.76 bits per heavy atom. The lowest BCUT2D eigenvalue weighted by atomic mass is 9.91. The molecule has 0 bridgehead atoms. The minimum Gasteiger partial charge on any atom is -0.374 e. The van der Waals surface area contributed by atoms with Gasteiger partial charge in [-0.3, -0.25) is 9.59 Å². The van der Waals surface area contributed by atoms with Crippen LogP contribution in [0.15, 0.2) is 30.3 Å². The van der Waals surface area contributed by atoms with E-state index in [2.05, 4.69) is 13.8 Å². The summed E-state index contributed by atoms with van der Waals surface area (Å²) in [4.78, 5) is 29.4. The van der Waals surface area contributed by atoms with E-state index in [4.69, 9.17) is 4.74 Å². The van der Waals surface area contributed by atoms with Crippen LogP contribution in [0.5, 0.6) is 0 Å². The molecule has 1 aromatic carbocycles. The lowest BCUT2D eigenvalue weighted by molar-refractivity contribution is -0.158. The number of benzene rings is 1. The molecule has 2 aliphatic rings. The van der Waals surface area contributed by atoms with Crippen LogP contribution < -0.4 is 0 Å². The lowest BCUT2D eigenvalue weighted by Crippen LogP contribution is -2.59. The molecule has 0 aliphatic carbocycles. The monoisotopic (exact) mass is 344 g/mol. The summed E-state index contributed by atoms with van der Waals surface area (Å²) in [7, 11) is 0. The third kappa shape index (κ3) is 3.87. The highest BCUT2D eigenvalue weighted by Gasteiger charge is 2.40. The molecular weight excluding hydrogens is 316 g/mol. The van der Waals surface area contributed by atoms with Crippen molar-refractivity contribution >= 4 is 11.8 Å². The van der Waals surface area contributed by atoms with Crippen LogP contribution >= 0.6 is 0 Å². The largest absolute Gasteiger partial charge is 0.374 e. The molecule has 0 radical (unpaired) electrons. The highest BCUT2D eigenvalue weighted by atomic mass is 16.5. The highest BCUT2D eigenvalue weighted by Crippen LogP contribution is 2.28. The molecule has 2 fully saturated rings. The zero-order chi connectivity index (χ0) is 18.0. The molecule has 0 aromatic heterocycles. The number of hydrogen-bond donors (Lipinski definition) is 0. The van der Waals surface area contributed by atoms with Crippen LogP contribution in [0.2, 0.25) is 0 Å². The highest BCUT2D eigenvalue weighted by molar-refractivity contribution is 5.94. The minimum atomic E-state index is -0.263. The van der Waals surface area contributed by atoms with Gasteiger partial charge in [0, 0.05) is 31.1 Å². The van der Waals surface area contributed by atoms with E-state index in [1.54, 1.807) is 0 Å². The second-order valence-corrected chi connectivity index (χ2v) is 7.82. The Labute approximate surface area is 149 Å². The molecule has 0 spiro atoms. The summed E-state index contributed by atoms with van der Waals surface area (Å²) in [5.74, 6) is 0.281. The molecular formula is C20H28N2O3. The van der Waals surface area contributed by atoms with Crippen molar-refractivity contribution < 1.29 is 14.3 Å². The van der Waals surface area contributed by atoms with E-state index >= 15 is 0 Å². The van der Waals surface area contributed by atoms with Gasteiger partial charge in [-0.1, -0.05) is 18.2 Å². The molecule has 136 valence electrons. The minimum absolute atomic E-state index is 0.00407. The van der Waals surface area contributed by atoms with Gasteiger partial charge in [0.15, 0.2) is 0 Å². The van der Waals surface area contributed by atoms with Crippen molar-refractivity contribution in [1.29, 1.82) is 0 Å². The van der Waals surface area contributed by atoms with Gasteiger partial charge in [-0.2, -0.15) is 0 Å². The second kappa shape index (κ2) is 7.16. The van der Waals surface area contributed by atoms with E-state index in [1.807, 2.05) is 47.1 Å². The maximum atomic E-state index is 13.0. The molecule has 3 rings (SSSR count). The molecule has 1 atom stereocenters. The predicted octanol–water partition coefficient (Wildman–Crippen LogP) is 2.56. The van der Waals surface area contributed by atoms with Crippen LogP contribution in [0.3, 0.4) is 0 Å². The molecule has 1 aromatic rings. The van der Waals surface area contributed by atoms with Crippen LogP contribution in [0, 0.1) is 5.92 Å². The molecule has 1 unspecified atom stereocenters. The number of amides is 2. The normalized spacial score (nSPS) is 24.2. The molecule has 2 aliphatic heterocycles. The van der Waals surface area contributed by atoms with E-state index in [0.717, 1.165) is 18.4 Å². The van der Waals surface area contributed by atoms with E-state index in [0.29, 0.717) is 26.2 Å². The van der Waals surface area contributed by atoms with Gasteiger partial charge in [0.25, 0.3) is 5.91 Å². The zero-order valence-electron chi connectivity index (χ0n) is 15.4. The third-order valence-electron chi connectivity index (χ3n) is 5.31. The van der Waals surface area contributed by atoms with Gasteiger partial charge in [-0.15, -0.1) is 0 Å². The second-order valence-electron chi connectivity index (χ2n) is 7.82. The van der Waals surface area contributed by atoms with Crippen LogP contribution in [-0.2, 0) is 9.53 Å². The van der Waals surface area contributed by atoms with Crippen LogP contribution in [0.25, 0.3) is 0 Å². The Balaban J connectivity index is 1.60. The summed E-state index contributed by atoms with van der Waals surface area (Å²) in [6, 6.07) is 9.36. The lowest BCUT2D eigenvalue weighted by Gasteiger charge is -2.46. The number of carbonyl (C=O) groups excluding carboxylic acids is 2. The number of likely N-dealkylation sites (tertiary alicyclic amines) is 1. The summed E-state index contributed by atoms with van der Waals surface area (Å²) in [5, 5.41) is 0. The van der Waals surface area contributed by atoms with E-state index in [1.165, 1.54) is 0 Å². The van der Waals surface area contributed by atoms with Crippen LogP contribution in [0.1, 0.15) is 44.0 Å². The van der Waals surface area contributed by atoms with E-state index < -0.39 is 0 Å². The van der Waals surface area contributed by atoms with Crippen LogP contribution in [-0.4, -0.2) is 59.5 Å². The maximum absolute atomic E-state index is 13.0. The first-order chi connectivity index (χ1) is 11.9. The van der Waals surface area contributed by atoms with Crippen molar-refractivity contribution in [2.75, 3.05) is 26.2 Å². The van der Waals surface area contributed by atoms with Crippen LogP contribution in [0.4, 0.5) is 0 Å². The summed E-state index contributed by atoms with van der Waals surface area (Å²) in [6.45, 7) is 8.64. The molecule has 2 saturated heterocycles. The topological polar surface area (TPSA) is 49.9 Å². The van der Waals surface area contributed by atoms with Crippen molar-refractivity contribution in [3.63, 3.8) is 0 Å². The Morgan fingerprint density at radius 1 is 1.12 bits per heavy atom. The number of carbonyl (C=O) groups is 2. The Bertz CT molecular complexity index is 621. The van der Waals surface area contributed by atoms with E-state index in [9.17, 15) is 9.59 Å². The fourth-order valence-corrected chi connectivity index (χ4v) is 3.68. The zero-order valence-corrected chi connectivity index (χ0v) is 15.4. The van der Waals surface area contributed by atoms with Gasteiger partial charge in [0.05, 0.1) is 18.2 Å². The molecule has 5 nitrogen and oxygen atoms in total. The Kier molecular flexibility index (Phi) is 5.13. The van der Waals surface area contributed by atoms with Gasteiger partial charge in [0.1, 0.15) is 0 Å². The quantitative estimate of drug-likeness (QED) is 0.828. The van der Waals surface area contributed by atoms with E-state index in [-0.39, 0.29) is 29.4 Å². The smallest absolute Gasteiger partial charge is 0.253 e. The number of rotatable bonds is 2. The Morgan fingerprint density at radius 3 is 2.40 bits per heavy atom. The first-order valence-corrected chi connectivity index (χ1v) is 9.16. The van der Waals surface area contributed by atoms with Crippen molar-refractivity contribution in [1.82, 2.24) is 9.80 Å². The van der Waals surface area contributed by atoms with Crippen molar-refractivity contribution in [2.24, 2.45) is 5.92 Å². The number of morpholine rings is 1. The average Bonchev–Trinajstić information content (AvgIpc) is 2.63. The van der Waals surface area contributed by atoms with Crippen molar-refractivity contribution in [3.8, 4) is 0 Å². The Hall–Kier alpha value is -1.88. The first-order valence-electron chi connectivity index (χ1n) is 9.16. The third-order valence-corrected chi connectivity index (χ3v) is 5.31. The standard InChI is InChI=1S/C20H28N2O3/c1-15-13-22(20(2,3)14-25-15)19(24)17-9-11-21(12-10-17)18(23)16-7-5-4-6-8-16/h4-8,15,17H,9-14H2,1-3H3. The summed E-state index contributed by atoms with van der Waals surface area (Å²) in [5.41, 5.74) is 0.455. The molecule has 5 heteroatoms. The molecule has 2 amide bonds. The van der Waals surface area contributed by atoms with Crippen molar-refractivity contribution in [2.45, 2.75) is 45.3 Å². The SMILES string of the molecule is CC1CN(C(=O)C2CCN(C(=O)c3ccccc3)CC2)C(C)(C)CO1. The van der Waals surface area contributed by atoms with Gasteiger partial charge >= 0.3 is 0 Å². The molecule has 0 saturated carbocycles. The average molecular weight is 344 g/mol. The molecule has 0 N–H and O–H groups in total. The number of nitrogens with zero attached hydrogens (tertiary/aromatic N) is 2. The predicted molar refractivity (Wildman–Crippen MR) is 96.3 cm³/mol. The first kappa shape index (κ1) is 17.9. The van der Waals surface area contributed by atoms with Crippen molar-refractivity contribution in [3.05, 3.63) is 35.9 Å². The molecule has 2 heterocycles. The maximum Gasteiger partial charge on any atom is 0.253 e. The molecule has 25 heavy (non-hydrogen) atoms. The summed E-state index contributed by atoms with van der Waals surface area (Å²) >= 11 is 0. The number of ether oxygens (including phenoxy) is 1. The summed E-state index contributed by atoms with van der Waals surface area (Å²) < 4.78 is 5.71. The fraction of sp³-hybridized carbons (Fsp3) is 0.600. The van der Waals surface area contributed by atoms with Gasteiger partial charge in [-0.05, 0) is 45.7 Å². The number of hydrogen-bond acceptors (Lipinski definition) is 3.